The fourth-order valence-corrected chi connectivity index (χ4v) is 15.4. The van der Waals surface area contributed by atoms with Gasteiger partial charge in [0.25, 0.3) is 0 Å². The number of benzene rings is 10. The van der Waals surface area contributed by atoms with Gasteiger partial charge in [0, 0.05) is 6.04 Å². The van der Waals surface area contributed by atoms with E-state index in [1.807, 2.05) is 324 Å². The monoisotopic (exact) mass is 1630 g/mol. The van der Waals surface area contributed by atoms with Crippen molar-refractivity contribution in [2.75, 3.05) is 65.4 Å². The first-order valence-electron chi connectivity index (χ1n) is 41.5. The molecule has 0 unspecified atom stereocenters. The number of amides is 10. The molecular weight excluding hydrogens is 1520 g/mol. The third kappa shape index (κ3) is 24.3. The highest BCUT2D eigenvalue weighted by Gasteiger charge is 2.40. The lowest BCUT2D eigenvalue weighted by Gasteiger charge is -2.39. The predicted molar refractivity (Wildman–Crippen MR) is 471 cm³/mol. The molecule has 0 aliphatic rings. The maximum Gasteiger partial charge on any atom is 0.243 e. The lowest BCUT2D eigenvalue weighted by molar-refractivity contribution is -0.153. The smallest absolute Gasteiger partial charge is 0.243 e. The maximum absolute atomic E-state index is 16.3. The lowest BCUT2D eigenvalue weighted by Crippen LogP contribution is -2.54. The van der Waals surface area contributed by atoms with Gasteiger partial charge in [-0.1, -0.05) is 303 Å². The first-order chi connectivity index (χ1) is 58.3. The van der Waals surface area contributed by atoms with Gasteiger partial charge in [-0.15, -0.1) is 0 Å². The molecule has 628 valence electrons. The van der Waals surface area contributed by atoms with E-state index in [0.29, 0.717) is 38.9 Å². The molecule has 10 aromatic rings. The molecule has 10 amide bonds. The van der Waals surface area contributed by atoms with Gasteiger partial charge < -0.3 is 55.1 Å². The minimum atomic E-state index is -0.851. The molecule has 21 nitrogen and oxygen atoms in total. The van der Waals surface area contributed by atoms with Crippen LogP contribution < -0.4 is 11.1 Å². The number of carbonyl (C=O) groups is 10. The van der Waals surface area contributed by atoms with Crippen molar-refractivity contribution in [1.82, 2.24) is 49.4 Å². The third-order valence-electron chi connectivity index (χ3n) is 23.3. The van der Waals surface area contributed by atoms with E-state index < -0.39 is 166 Å². The van der Waals surface area contributed by atoms with Crippen LogP contribution in [-0.4, -0.2) is 169 Å². The molecule has 10 rings (SSSR count). The Hall–Kier alpha value is -13.1. The Labute approximate surface area is 712 Å². The van der Waals surface area contributed by atoms with Crippen molar-refractivity contribution in [2.24, 2.45) is 5.73 Å². The molecule has 121 heavy (non-hydrogen) atoms. The minimum absolute atomic E-state index is 0.106. The van der Waals surface area contributed by atoms with Crippen LogP contribution in [0.2, 0.25) is 0 Å². The highest BCUT2D eigenvalue weighted by atomic mass is 16.2. The Morgan fingerprint density at radius 2 is 0.322 bits per heavy atom. The van der Waals surface area contributed by atoms with Gasteiger partial charge in [0.05, 0.1) is 67.5 Å². The summed E-state index contributed by atoms with van der Waals surface area (Å²) in [5.74, 6) is -6.02. The molecule has 0 saturated heterocycles. The number of primary amides is 1. The molecule has 0 fully saturated rings. The summed E-state index contributed by atoms with van der Waals surface area (Å²) in [6.45, 7) is 13.1. The summed E-state index contributed by atoms with van der Waals surface area (Å²) in [7, 11) is 0. The van der Waals surface area contributed by atoms with Crippen LogP contribution in [0.5, 0.6) is 0 Å². The van der Waals surface area contributed by atoms with Gasteiger partial charge in [-0.2, -0.15) is 0 Å². The van der Waals surface area contributed by atoms with E-state index in [4.69, 9.17) is 5.73 Å². The number of rotatable bonds is 40. The van der Waals surface area contributed by atoms with Gasteiger partial charge in [0.15, 0.2) is 0 Å². The highest BCUT2D eigenvalue weighted by molar-refractivity contribution is 5.95. The van der Waals surface area contributed by atoms with Crippen LogP contribution in [0, 0.1) is 0 Å². The van der Waals surface area contributed by atoms with Crippen molar-refractivity contribution in [3.63, 3.8) is 0 Å². The molecule has 0 heterocycles. The Morgan fingerprint density at radius 1 is 0.198 bits per heavy atom. The van der Waals surface area contributed by atoms with E-state index in [1.165, 1.54) is 44.1 Å². The van der Waals surface area contributed by atoms with Crippen LogP contribution in [0.3, 0.4) is 0 Å². The Kier molecular flexibility index (Phi) is 32.8. The molecule has 3 N–H and O–H groups in total. The summed E-state index contributed by atoms with van der Waals surface area (Å²) in [4.78, 5) is 167. The molecule has 0 spiro atoms. The van der Waals surface area contributed by atoms with Gasteiger partial charge >= 0.3 is 0 Å². The molecule has 10 atom stereocenters. The molecule has 10 aromatic carbocycles. The van der Waals surface area contributed by atoms with Crippen molar-refractivity contribution in [3.05, 3.63) is 359 Å². The van der Waals surface area contributed by atoms with Crippen molar-refractivity contribution < 1.29 is 47.9 Å². The van der Waals surface area contributed by atoms with Gasteiger partial charge in [-0.25, -0.2) is 0 Å². The van der Waals surface area contributed by atoms with Crippen molar-refractivity contribution >= 4 is 59.1 Å². The van der Waals surface area contributed by atoms with Crippen LogP contribution in [0.4, 0.5) is 0 Å². The zero-order chi connectivity index (χ0) is 86.7. The molecule has 0 aliphatic heterocycles. The number of hydrogen-bond acceptors (Lipinski definition) is 11. The van der Waals surface area contributed by atoms with E-state index >= 15 is 33.6 Å². The largest absolute Gasteiger partial charge is 0.368 e. The van der Waals surface area contributed by atoms with Crippen LogP contribution >= 0.6 is 0 Å². The Bertz CT molecular complexity index is 5010. The predicted octanol–water partition coefficient (Wildman–Crippen LogP) is 15.1. The molecule has 0 radical (unpaired) electrons. The second-order valence-corrected chi connectivity index (χ2v) is 31.0. The van der Waals surface area contributed by atoms with Crippen LogP contribution in [-0.2, 0) is 47.9 Å². The number of nitrogens with zero attached hydrogens (tertiary/aromatic N) is 9. The summed E-state index contributed by atoms with van der Waals surface area (Å²) < 4.78 is 0. The third-order valence-corrected chi connectivity index (χ3v) is 23.3. The zero-order valence-electron chi connectivity index (χ0n) is 70.9. The highest BCUT2D eigenvalue weighted by Crippen LogP contribution is 2.33. The lowest BCUT2D eigenvalue weighted by atomic mass is 10.0. The van der Waals surface area contributed by atoms with Crippen molar-refractivity contribution in [3.8, 4) is 0 Å². The summed E-state index contributed by atoms with van der Waals surface area (Å²) in [5, 5.41) is 3.36. The van der Waals surface area contributed by atoms with Crippen LogP contribution in [0.25, 0.3) is 0 Å². The van der Waals surface area contributed by atoms with E-state index in [1.54, 1.807) is 48.5 Å². The first-order valence-corrected chi connectivity index (χ1v) is 41.5. The second kappa shape index (κ2) is 44.1. The normalized spacial score (nSPS) is 13.6. The molecule has 21 heteroatoms. The van der Waals surface area contributed by atoms with E-state index in [-0.39, 0.29) is 18.5 Å². The summed E-state index contributed by atoms with van der Waals surface area (Å²) >= 11 is 0. The van der Waals surface area contributed by atoms with E-state index in [9.17, 15) is 14.4 Å². The van der Waals surface area contributed by atoms with E-state index in [0.717, 1.165) is 16.7 Å². The number of nitrogens with two attached hydrogens (primary N) is 1. The molecular formula is C100H113N11O10. The summed E-state index contributed by atoms with van der Waals surface area (Å²) in [6, 6.07) is 85.4. The van der Waals surface area contributed by atoms with Gasteiger partial charge in [-0.05, 0) is 125 Å². The standard InChI is InChI=1S/C100H113N11O10/c1-71(81-41-21-11-22-42-81)102-61-92(113)104(73(3)83-45-25-13-26-46-83)63-94(115)106(75(5)85-49-29-15-30-50-85)65-96(117)108(77(7)87-53-33-17-34-54-87)67-98(119)110(79(9)89-57-37-19-38-58-89)69-100(121)111(80(10)90-59-39-20-40-60-90)70-99(120)109(78(8)88-55-35-18-36-56-88)68-97(118)107(76(6)86-51-31-16-32-52-86)66-95(116)105(74(4)84-47-27-14-28-48-84)64-93(114)103(62-91(101)112)72(2)82-43-23-12-24-44-82/h11-60,71-80,102H,61-70H2,1-10H3,(H2,101,112)/t71-,72-,73-,74-,75-,76-,77-,78-,79-,80-/m0/s1. The fraction of sp³-hybridized carbons (Fsp3) is 0.300. The van der Waals surface area contributed by atoms with Crippen molar-refractivity contribution in [2.45, 2.75) is 130 Å². The van der Waals surface area contributed by atoms with E-state index in [2.05, 4.69) is 5.32 Å². The zero-order valence-corrected chi connectivity index (χ0v) is 70.9. The molecule has 0 saturated carbocycles. The average Bonchev–Trinajstić information content (AvgIpc) is 0.798. The van der Waals surface area contributed by atoms with Crippen molar-refractivity contribution in [1.29, 1.82) is 0 Å². The van der Waals surface area contributed by atoms with Gasteiger partial charge in [0.2, 0.25) is 59.1 Å². The second-order valence-electron chi connectivity index (χ2n) is 31.0. The Balaban J connectivity index is 0.988. The van der Waals surface area contributed by atoms with Crippen LogP contribution in [0.1, 0.15) is 185 Å². The number of hydrogen-bond donors (Lipinski definition) is 2. The van der Waals surface area contributed by atoms with Gasteiger partial charge in [0.1, 0.15) is 52.4 Å². The molecule has 0 aliphatic carbocycles. The van der Waals surface area contributed by atoms with Crippen LogP contribution in [0.15, 0.2) is 303 Å². The summed E-state index contributed by atoms with van der Waals surface area (Å²) in [6.07, 6.45) is 0. The SMILES string of the molecule is C[C@H](NCC(=O)N(CC(=O)N(CC(=O)N(CC(=O)N(CC(=O)N(CC(=O)N(CC(=O)N(CC(=O)N(CC(=O)N(CC(N)=O)[C@@H](C)c1ccccc1)[C@@H](C)c1ccccc1)[C@@H](C)c1ccccc1)[C@@H](C)c1ccccc1)[C@@H](C)c1ccccc1)[C@@H](C)c1ccccc1)[C@@H](C)c1ccccc1)[C@@H](C)c1ccccc1)[C@@H](C)c1ccccc1)c1ccccc1. The van der Waals surface area contributed by atoms with Gasteiger partial charge in [-0.3, -0.25) is 47.9 Å². The quantitative estimate of drug-likeness (QED) is 0.0366. The Morgan fingerprint density at radius 3 is 0.463 bits per heavy atom. The molecule has 0 bridgehead atoms. The average molecular weight is 1630 g/mol. The fourth-order valence-electron chi connectivity index (χ4n) is 15.4. The topological polar surface area (TPSA) is 238 Å². The number of nitrogens with one attached hydrogen (secondary N) is 1. The number of carbonyl (C=O) groups excluding carboxylic acids is 10. The first kappa shape index (κ1) is 90.2. The minimum Gasteiger partial charge on any atom is -0.368 e. The summed E-state index contributed by atoms with van der Waals surface area (Å²) in [5.41, 5.74) is 13.0. The maximum atomic E-state index is 16.3. The molecule has 0 aromatic heterocycles.